The summed E-state index contributed by atoms with van der Waals surface area (Å²) >= 11 is 0. The highest BCUT2D eigenvalue weighted by Gasteiger charge is 2.06. The van der Waals surface area contributed by atoms with E-state index in [4.69, 9.17) is 8.83 Å². The maximum absolute atomic E-state index is 5.88. The molecule has 136 valence electrons. The molecule has 0 bridgehead atoms. The minimum atomic E-state index is 0.847. The topological polar surface area (TPSA) is 64.1 Å². The van der Waals surface area contributed by atoms with E-state index in [2.05, 4.69) is 15.3 Å². The summed E-state index contributed by atoms with van der Waals surface area (Å²) in [6, 6.07) is 15.9. The second-order valence-corrected chi connectivity index (χ2v) is 6.27. The lowest BCUT2D eigenvalue weighted by molar-refractivity contribution is 0.495. The average Bonchev–Trinajstić information content (AvgIpc) is 3.39. The molecule has 0 atom stereocenters. The minimum absolute atomic E-state index is 0.847. The lowest BCUT2D eigenvalue weighted by Gasteiger charge is -2.02. The second-order valence-electron chi connectivity index (χ2n) is 6.27. The van der Waals surface area contributed by atoms with Crippen LogP contribution in [0.3, 0.4) is 0 Å². The van der Waals surface area contributed by atoms with Gasteiger partial charge in [0.05, 0.1) is 0 Å². The van der Waals surface area contributed by atoms with Crippen LogP contribution in [0.15, 0.2) is 82.2 Å². The van der Waals surface area contributed by atoms with Gasteiger partial charge in [0, 0.05) is 61.8 Å². The van der Waals surface area contributed by atoms with E-state index in [1.165, 1.54) is 0 Å². The summed E-state index contributed by atoms with van der Waals surface area (Å²) in [5, 5.41) is 3.44. The molecule has 0 aliphatic heterocycles. The summed E-state index contributed by atoms with van der Waals surface area (Å²) in [6.07, 6.45) is 8.83. The predicted molar refractivity (Wildman–Crippen MR) is 104 cm³/mol. The van der Waals surface area contributed by atoms with Gasteiger partial charge < -0.3 is 14.2 Å². The van der Waals surface area contributed by atoms with E-state index in [-0.39, 0.29) is 0 Å². The molecule has 0 aliphatic carbocycles. The molecule has 4 rings (SSSR count). The van der Waals surface area contributed by atoms with Gasteiger partial charge in [0.1, 0.15) is 23.0 Å². The van der Waals surface area contributed by atoms with Crippen LogP contribution in [0.2, 0.25) is 0 Å². The number of hydrogen-bond donors (Lipinski definition) is 1. The summed E-state index contributed by atoms with van der Waals surface area (Å²) in [5.74, 6) is 3.66. The van der Waals surface area contributed by atoms with Crippen LogP contribution in [0.5, 0.6) is 0 Å². The van der Waals surface area contributed by atoms with Gasteiger partial charge in [-0.15, -0.1) is 0 Å². The standard InChI is InChI=1S/C22H21N3O2/c1-3-17(15-24-11-1)21-7-5-19(26-21)9-13-23-14-10-20-6-8-22(27-20)18-4-2-12-25-16-18/h1-8,11-12,15-16,23H,9-10,13-14H2. The third-order valence-corrected chi connectivity index (χ3v) is 4.31. The molecule has 4 aromatic rings. The Kier molecular flexibility index (Phi) is 5.41. The number of hydrogen-bond acceptors (Lipinski definition) is 5. The maximum Gasteiger partial charge on any atom is 0.135 e. The first-order valence-corrected chi connectivity index (χ1v) is 9.07. The van der Waals surface area contributed by atoms with Gasteiger partial charge in [-0.05, 0) is 48.5 Å². The summed E-state index contributed by atoms with van der Waals surface area (Å²) in [5.41, 5.74) is 2.00. The highest BCUT2D eigenvalue weighted by molar-refractivity contribution is 5.56. The largest absolute Gasteiger partial charge is 0.461 e. The van der Waals surface area contributed by atoms with Gasteiger partial charge >= 0.3 is 0 Å². The molecule has 5 nitrogen and oxygen atoms in total. The zero-order chi connectivity index (χ0) is 18.3. The monoisotopic (exact) mass is 359 g/mol. The summed E-state index contributed by atoms with van der Waals surface area (Å²) in [4.78, 5) is 8.24. The number of nitrogens with one attached hydrogen (secondary N) is 1. The predicted octanol–water partition coefficient (Wildman–Crippen LogP) is 4.37. The van der Waals surface area contributed by atoms with E-state index < -0.39 is 0 Å². The Morgan fingerprint density at radius 3 is 1.63 bits per heavy atom. The molecule has 5 heteroatoms. The van der Waals surface area contributed by atoms with Gasteiger partial charge in [-0.3, -0.25) is 9.97 Å². The third-order valence-electron chi connectivity index (χ3n) is 4.31. The molecule has 4 aromatic heterocycles. The van der Waals surface area contributed by atoms with E-state index in [0.717, 1.165) is 60.1 Å². The van der Waals surface area contributed by atoms with Crippen molar-refractivity contribution < 1.29 is 8.83 Å². The Hall–Kier alpha value is -3.18. The second kappa shape index (κ2) is 8.47. The average molecular weight is 359 g/mol. The maximum atomic E-state index is 5.88. The summed E-state index contributed by atoms with van der Waals surface area (Å²) in [6.45, 7) is 1.71. The van der Waals surface area contributed by atoms with Crippen LogP contribution in [0.4, 0.5) is 0 Å². The SMILES string of the molecule is c1cncc(-c2ccc(CCNCCc3ccc(-c4cccnc4)o3)o2)c1. The van der Waals surface area contributed by atoms with E-state index in [1.54, 1.807) is 12.4 Å². The first-order valence-electron chi connectivity index (χ1n) is 9.07. The van der Waals surface area contributed by atoms with Crippen LogP contribution in [0, 0.1) is 0 Å². The number of nitrogens with zero attached hydrogens (tertiary/aromatic N) is 2. The normalized spacial score (nSPS) is 11.0. The summed E-state index contributed by atoms with van der Waals surface area (Å²) in [7, 11) is 0. The quantitative estimate of drug-likeness (QED) is 0.473. The number of pyridine rings is 2. The van der Waals surface area contributed by atoms with Crippen molar-refractivity contribution in [1.82, 2.24) is 15.3 Å². The van der Waals surface area contributed by atoms with Crippen molar-refractivity contribution in [3.63, 3.8) is 0 Å². The fourth-order valence-electron chi connectivity index (χ4n) is 2.90. The molecule has 0 spiro atoms. The van der Waals surface area contributed by atoms with Gasteiger partial charge in [-0.25, -0.2) is 0 Å². The molecule has 0 unspecified atom stereocenters. The number of furan rings is 2. The van der Waals surface area contributed by atoms with Crippen molar-refractivity contribution in [1.29, 1.82) is 0 Å². The Labute approximate surface area is 158 Å². The third kappa shape index (κ3) is 4.51. The van der Waals surface area contributed by atoms with Gasteiger partial charge in [-0.2, -0.15) is 0 Å². The van der Waals surface area contributed by atoms with Crippen LogP contribution in [0.1, 0.15) is 11.5 Å². The van der Waals surface area contributed by atoms with Crippen molar-refractivity contribution in [2.75, 3.05) is 13.1 Å². The minimum Gasteiger partial charge on any atom is -0.461 e. The lowest BCUT2D eigenvalue weighted by atomic mass is 10.2. The summed E-state index contributed by atoms with van der Waals surface area (Å²) < 4.78 is 11.8. The van der Waals surface area contributed by atoms with Crippen LogP contribution in [0.25, 0.3) is 22.6 Å². The van der Waals surface area contributed by atoms with E-state index in [0.29, 0.717) is 0 Å². The first kappa shape index (κ1) is 17.2. The first-order chi connectivity index (χ1) is 13.4. The Bertz CT molecular complexity index is 882. The zero-order valence-electron chi connectivity index (χ0n) is 15.0. The molecule has 0 aliphatic rings. The highest BCUT2D eigenvalue weighted by atomic mass is 16.3. The molecular weight excluding hydrogens is 338 g/mol. The van der Waals surface area contributed by atoms with Crippen LogP contribution >= 0.6 is 0 Å². The van der Waals surface area contributed by atoms with E-state index in [9.17, 15) is 0 Å². The number of aromatic nitrogens is 2. The Morgan fingerprint density at radius 1 is 0.667 bits per heavy atom. The molecule has 27 heavy (non-hydrogen) atoms. The van der Waals surface area contributed by atoms with E-state index >= 15 is 0 Å². The highest BCUT2D eigenvalue weighted by Crippen LogP contribution is 2.22. The van der Waals surface area contributed by atoms with Gasteiger partial charge in [0.2, 0.25) is 0 Å². The zero-order valence-corrected chi connectivity index (χ0v) is 15.0. The van der Waals surface area contributed by atoms with Crippen molar-refractivity contribution in [3.8, 4) is 22.6 Å². The van der Waals surface area contributed by atoms with Crippen molar-refractivity contribution >= 4 is 0 Å². The van der Waals surface area contributed by atoms with Gasteiger partial charge in [0.15, 0.2) is 0 Å². The fraction of sp³-hybridized carbons (Fsp3) is 0.182. The molecule has 0 saturated heterocycles. The molecule has 0 saturated carbocycles. The molecular formula is C22H21N3O2. The van der Waals surface area contributed by atoms with Crippen molar-refractivity contribution in [2.24, 2.45) is 0 Å². The molecule has 0 fully saturated rings. The van der Waals surface area contributed by atoms with Gasteiger partial charge in [0.25, 0.3) is 0 Å². The fourth-order valence-corrected chi connectivity index (χ4v) is 2.90. The lowest BCUT2D eigenvalue weighted by Crippen LogP contribution is -2.19. The number of rotatable bonds is 8. The Balaban J connectivity index is 1.21. The molecule has 1 N–H and O–H groups in total. The van der Waals surface area contributed by atoms with Crippen LogP contribution in [-0.4, -0.2) is 23.1 Å². The smallest absolute Gasteiger partial charge is 0.135 e. The molecule has 4 heterocycles. The van der Waals surface area contributed by atoms with Crippen molar-refractivity contribution in [3.05, 3.63) is 84.8 Å². The Morgan fingerprint density at radius 2 is 1.19 bits per heavy atom. The van der Waals surface area contributed by atoms with Crippen molar-refractivity contribution in [2.45, 2.75) is 12.8 Å². The molecule has 0 radical (unpaired) electrons. The van der Waals surface area contributed by atoms with E-state index in [1.807, 2.05) is 60.9 Å². The van der Waals surface area contributed by atoms with Crippen LogP contribution in [-0.2, 0) is 12.8 Å². The van der Waals surface area contributed by atoms with Gasteiger partial charge in [-0.1, -0.05) is 0 Å². The molecule has 0 amide bonds. The molecule has 0 aromatic carbocycles. The van der Waals surface area contributed by atoms with Crippen LogP contribution < -0.4 is 5.32 Å².